The molecule has 0 atom stereocenters. The molecule has 1 aliphatic carbocycles. The average Bonchev–Trinajstić information content (AvgIpc) is 3.89. The number of para-hydroxylation sites is 3. The fraction of sp³-hybridized carbons (Fsp3) is 0. The minimum atomic E-state index is 0.899. The van der Waals surface area contributed by atoms with Gasteiger partial charge in [0.2, 0.25) is 0 Å². The van der Waals surface area contributed by atoms with E-state index in [1.807, 2.05) is 0 Å². The lowest BCUT2D eigenvalue weighted by molar-refractivity contribution is 0.669. The second-order valence-corrected chi connectivity index (χ2v) is 13.2. The van der Waals surface area contributed by atoms with Gasteiger partial charge in [-0.25, -0.2) is 0 Å². The van der Waals surface area contributed by atoms with Crippen molar-refractivity contribution in [2.75, 3.05) is 0 Å². The molecular weight excluding hydrogens is 597 g/mol. The van der Waals surface area contributed by atoms with Crippen LogP contribution in [0.3, 0.4) is 0 Å². The van der Waals surface area contributed by atoms with Crippen molar-refractivity contribution in [1.82, 2.24) is 9.13 Å². The minimum Gasteiger partial charge on any atom is -0.456 e. The maximum atomic E-state index is 6.54. The molecule has 0 saturated carbocycles. The zero-order valence-electron chi connectivity index (χ0n) is 26.3. The third-order valence-electron chi connectivity index (χ3n) is 10.8. The number of hydrogen-bond acceptors (Lipinski definition) is 1. The molecule has 3 heterocycles. The predicted molar refractivity (Wildman–Crippen MR) is 204 cm³/mol. The van der Waals surface area contributed by atoms with Gasteiger partial charge in [0.1, 0.15) is 11.2 Å². The van der Waals surface area contributed by atoms with Gasteiger partial charge < -0.3 is 13.6 Å². The van der Waals surface area contributed by atoms with Gasteiger partial charge in [-0.3, -0.25) is 0 Å². The van der Waals surface area contributed by atoms with Crippen molar-refractivity contribution in [3.05, 3.63) is 158 Å². The Morgan fingerprint density at radius 1 is 0.327 bits per heavy atom. The lowest BCUT2D eigenvalue weighted by atomic mass is 10.0. The summed E-state index contributed by atoms with van der Waals surface area (Å²) in [5, 5.41) is 9.76. The van der Waals surface area contributed by atoms with Crippen LogP contribution in [0.5, 0.6) is 0 Å². The number of benzene rings is 8. The summed E-state index contributed by atoms with van der Waals surface area (Å²) >= 11 is 0. The van der Waals surface area contributed by atoms with E-state index in [0.717, 1.165) is 27.6 Å². The molecule has 0 fully saturated rings. The van der Waals surface area contributed by atoms with Crippen LogP contribution >= 0.6 is 0 Å². The molecule has 3 aromatic heterocycles. The van der Waals surface area contributed by atoms with Gasteiger partial charge in [-0.1, -0.05) is 115 Å². The van der Waals surface area contributed by atoms with Crippen molar-refractivity contribution in [1.29, 1.82) is 0 Å². The Bertz CT molecular complexity index is 3180. The number of rotatable bonds is 2. The van der Waals surface area contributed by atoms with Crippen LogP contribution < -0.4 is 0 Å². The first-order valence-corrected chi connectivity index (χ1v) is 16.9. The molecule has 0 saturated heterocycles. The Morgan fingerprint density at radius 3 is 1.80 bits per heavy atom. The summed E-state index contributed by atoms with van der Waals surface area (Å²) in [6.07, 6.45) is 0. The van der Waals surface area contributed by atoms with Crippen molar-refractivity contribution in [2.24, 2.45) is 0 Å². The van der Waals surface area contributed by atoms with Crippen molar-refractivity contribution in [3.63, 3.8) is 0 Å². The summed E-state index contributed by atoms with van der Waals surface area (Å²) in [7, 11) is 0. The molecule has 0 aliphatic heterocycles. The van der Waals surface area contributed by atoms with Crippen LogP contribution in [-0.2, 0) is 0 Å². The monoisotopic (exact) mass is 622 g/mol. The molecule has 3 nitrogen and oxygen atoms in total. The van der Waals surface area contributed by atoms with Crippen LogP contribution in [0.15, 0.2) is 162 Å². The first-order chi connectivity index (χ1) is 24.3. The molecular formula is C46H26N2O. The molecule has 0 unspecified atom stereocenters. The summed E-state index contributed by atoms with van der Waals surface area (Å²) in [6.45, 7) is 0. The lowest BCUT2D eigenvalue weighted by Crippen LogP contribution is -2.00. The van der Waals surface area contributed by atoms with Crippen molar-refractivity contribution < 1.29 is 4.42 Å². The van der Waals surface area contributed by atoms with Gasteiger partial charge in [-0.05, 0) is 70.1 Å². The molecule has 0 spiro atoms. The van der Waals surface area contributed by atoms with E-state index in [1.54, 1.807) is 0 Å². The number of hydrogen-bond donors (Lipinski definition) is 0. The minimum absolute atomic E-state index is 0.899. The van der Waals surface area contributed by atoms with Crippen LogP contribution in [0.4, 0.5) is 0 Å². The van der Waals surface area contributed by atoms with E-state index in [0.29, 0.717) is 0 Å². The van der Waals surface area contributed by atoms with Crippen molar-refractivity contribution in [3.8, 4) is 33.6 Å². The summed E-state index contributed by atoms with van der Waals surface area (Å²) in [5.41, 5.74) is 14.1. The normalized spacial score (nSPS) is 12.5. The van der Waals surface area contributed by atoms with Gasteiger partial charge in [-0.15, -0.1) is 0 Å². The molecule has 226 valence electrons. The Labute approximate surface area is 280 Å². The summed E-state index contributed by atoms with van der Waals surface area (Å²) in [6, 6.07) is 57.4. The predicted octanol–water partition coefficient (Wildman–Crippen LogP) is 12.6. The highest BCUT2D eigenvalue weighted by atomic mass is 16.3. The molecule has 11 aromatic rings. The lowest BCUT2D eigenvalue weighted by Gasteiger charge is -2.16. The molecule has 0 radical (unpaired) electrons. The number of furan rings is 1. The number of nitrogens with zero attached hydrogens (tertiary/aromatic N) is 2. The fourth-order valence-electron chi connectivity index (χ4n) is 8.92. The fourth-order valence-corrected chi connectivity index (χ4v) is 8.92. The van der Waals surface area contributed by atoms with Crippen molar-refractivity contribution >= 4 is 76.3 Å². The Morgan fingerprint density at radius 2 is 0.939 bits per heavy atom. The summed E-state index contributed by atoms with van der Waals surface area (Å²) < 4.78 is 11.6. The van der Waals surface area contributed by atoms with E-state index >= 15 is 0 Å². The Balaban J connectivity index is 1.37. The van der Waals surface area contributed by atoms with Gasteiger partial charge in [0.25, 0.3) is 0 Å². The largest absolute Gasteiger partial charge is 0.456 e. The topological polar surface area (TPSA) is 23.0 Å². The third-order valence-corrected chi connectivity index (χ3v) is 10.8. The Kier molecular flexibility index (Phi) is 4.72. The van der Waals surface area contributed by atoms with Crippen LogP contribution in [0.2, 0.25) is 0 Å². The van der Waals surface area contributed by atoms with E-state index in [-0.39, 0.29) is 0 Å². The van der Waals surface area contributed by atoms with Crippen LogP contribution in [0.1, 0.15) is 0 Å². The molecule has 12 rings (SSSR count). The maximum Gasteiger partial charge on any atom is 0.137 e. The van der Waals surface area contributed by atoms with E-state index in [2.05, 4.69) is 167 Å². The SMILES string of the molecule is c1ccc(-n2c3ccccc3c3ccc4c5ccc6oc7ccccc7c6c5n(-c5ccc6c7c(cccc57)-c5ccccc5-6)c4c32)cc1. The molecule has 1 aliphatic rings. The van der Waals surface area contributed by atoms with E-state index in [4.69, 9.17) is 4.42 Å². The van der Waals surface area contributed by atoms with Crippen LogP contribution in [0.25, 0.3) is 110 Å². The molecule has 0 N–H and O–H groups in total. The Hall–Kier alpha value is -6.58. The molecule has 3 heteroatoms. The first-order valence-electron chi connectivity index (χ1n) is 16.9. The first kappa shape index (κ1) is 25.5. The van der Waals surface area contributed by atoms with Crippen molar-refractivity contribution in [2.45, 2.75) is 0 Å². The van der Waals surface area contributed by atoms with E-state index in [1.165, 1.54) is 82.3 Å². The smallest absolute Gasteiger partial charge is 0.137 e. The van der Waals surface area contributed by atoms with E-state index in [9.17, 15) is 0 Å². The number of fused-ring (bicyclic) bond motifs is 14. The number of aromatic nitrogens is 2. The zero-order valence-corrected chi connectivity index (χ0v) is 26.3. The second-order valence-electron chi connectivity index (χ2n) is 13.2. The van der Waals surface area contributed by atoms with Gasteiger partial charge >= 0.3 is 0 Å². The highest BCUT2D eigenvalue weighted by Crippen LogP contribution is 2.51. The van der Waals surface area contributed by atoms with Crippen LogP contribution in [-0.4, -0.2) is 9.13 Å². The van der Waals surface area contributed by atoms with Gasteiger partial charge in [-0.2, -0.15) is 0 Å². The maximum absolute atomic E-state index is 6.54. The zero-order chi connectivity index (χ0) is 31.8. The van der Waals surface area contributed by atoms with Gasteiger partial charge in [0, 0.05) is 38.0 Å². The third kappa shape index (κ3) is 3.13. The highest BCUT2D eigenvalue weighted by Gasteiger charge is 2.27. The van der Waals surface area contributed by atoms with Crippen LogP contribution in [0, 0.1) is 0 Å². The summed E-state index contributed by atoms with van der Waals surface area (Å²) in [5.74, 6) is 0. The quantitative estimate of drug-likeness (QED) is 0.188. The highest BCUT2D eigenvalue weighted by molar-refractivity contribution is 6.30. The molecule has 0 bridgehead atoms. The standard InChI is InChI=1S/C46H26N2O/c1-2-11-27(12-3-1)47-38-19-8-6-15-30(38)33-21-22-35-34-24-26-41-43(37-16-7-9-20-40(37)49-41)44(34)48(46(35)45(33)47)39-25-23-32-29-14-5-4-13-28(29)31-17-10-18-36(39)42(31)32/h1-26H. The molecule has 0 amide bonds. The van der Waals surface area contributed by atoms with E-state index < -0.39 is 0 Å². The summed E-state index contributed by atoms with van der Waals surface area (Å²) in [4.78, 5) is 0. The van der Waals surface area contributed by atoms with Gasteiger partial charge in [0.05, 0.1) is 33.1 Å². The second kappa shape index (κ2) is 9.06. The molecule has 8 aromatic carbocycles. The average molecular weight is 623 g/mol. The van der Waals surface area contributed by atoms with Gasteiger partial charge in [0.15, 0.2) is 0 Å². The molecule has 49 heavy (non-hydrogen) atoms.